The minimum Gasteiger partial charge on any atom is -0.355 e. The molecule has 1 heterocycles. The molecule has 5 nitrogen and oxygen atoms in total. The van der Waals surface area contributed by atoms with Gasteiger partial charge in [0.25, 0.3) is 0 Å². The maximum absolute atomic E-state index is 11.0. The summed E-state index contributed by atoms with van der Waals surface area (Å²) in [6, 6.07) is 3.13. The molecule has 3 N–H and O–H groups in total. The summed E-state index contributed by atoms with van der Waals surface area (Å²) in [4.78, 5) is 11.7. The van der Waals surface area contributed by atoms with E-state index in [0.29, 0.717) is 13.0 Å². The lowest BCUT2D eigenvalue weighted by atomic mass is 10.3. The van der Waals surface area contributed by atoms with E-state index in [-0.39, 0.29) is 16.0 Å². The van der Waals surface area contributed by atoms with E-state index in [2.05, 4.69) is 5.32 Å². The number of sulfonamides is 1. The van der Waals surface area contributed by atoms with Crippen molar-refractivity contribution >= 4 is 38.9 Å². The SMILES string of the molecule is NS(=O)(=O)c1ccc(CCNC(=O)CCl)s1. The monoisotopic (exact) mass is 282 g/mol. The van der Waals surface area contributed by atoms with Gasteiger partial charge in [-0.25, -0.2) is 13.6 Å². The molecule has 0 radical (unpaired) electrons. The van der Waals surface area contributed by atoms with Gasteiger partial charge < -0.3 is 5.32 Å². The molecule has 1 rings (SSSR count). The van der Waals surface area contributed by atoms with Gasteiger partial charge in [-0.05, 0) is 18.6 Å². The number of nitrogens with two attached hydrogens (primary N) is 1. The van der Waals surface area contributed by atoms with Crippen molar-refractivity contribution in [3.63, 3.8) is 0 Å². The average molecular weight is 283 g/mol. The number of nitrogens with one attached hydrogen (secondary N) is 1. The number of amides is 1. The number of alkyl halides is 1. The molecule has 1 amide bonds. The quantitative estimate of drug-likeness (QED) is 0.761. The van der Waals surface area contributed by atoms with Crippen LogP contribution in [-0.4, -0.2) is 26.7 Å². The number of primary sulfonamides is 1. The Morgan fingerprint density at radius 1 is 1.50 bits per heavy atom. The molecule has 0 unspecified atom stereocenters. The summed E-state index contributed by atoms with van der Waals surface area (Å²) in [7, 11) is -3.62. The molecule has 16 heavy (non-hydrogen) atoms. The third kappa shape index (κ3) is 4.09. The van der Waals surface area contributed by atoms with Crippen molar-refractivity contribution in [2.45, 2.75) is 10.6 Å². The van der Waals surface area contributed by atoms with Crippen molar-refractivity contribution in [2.24, 2.45) is 5.14 Å². The van der Waals surface area contributed by atoms with Crippen LogP contribution in [0.1, 0.15) is 4.88 Å². The fraction of sp³-hybridized carbons (Fsp3) is 0.375. The van der Waals surface area contributed by atoms with Gasteiger partial charge in [0.1, 0.15) is 10.1 Å². The van der Waals surface area contributed by atoms with Crippen LogP contribution in [0, 0.1) is 0 Å². The molecular formula is C8H11ClN2O3S2. The van der Waals surface area contributed by atoms with Gasteiger partial charge in [-0.2, -0.15) is 0 Å². The van der Waals surface area contributed by atoms with Crippen LogP contribution in [0.3, 0.4) is 0 Å². The van der Waals surface area contributed by atoms with Gasteiger partial charge in [0.2, 0.25) is 15.9 Å². The third-order valence-electron chi connectivity index (χ3n) is 1.73. The zero-order valence-electron chi connectivity index (χ0n) is 8.27. The molecule has 1 aromatic heterocycles. The maximum atomic E-state index is 11.0. The van der Waals surface area contributed by atoms with Crippen LogP contribution in [0.15, 0.2) is 16.3 Å². The van der Waals surface area contributed by atoms with Gasteiger partial charge in [-0.1, -0.05) is 0 Å². The highest BCUT2D eigenvalue weighted by Crippen LogP contribution is 2.20. The summed E-state index contributed by atoms with van der Waals surface area (Å²) in [5, 5.41) is 7.55. The fourth-order valence-electron chi connectivity index (χ4n) is 1.02. The van der Waals surface area contributed by atoms with Crippen molar-refractivity contribution in [2.75, 3.05) is 12.4 Å². The molecular weight excluding hydrogens is 272 g/mol. The molecule has 0 bridgehead atoms. The van der Waals surface area contributed by atoms with E-state index in [1.165, 1.54) is 6.07 Å². The number of hydrogen-bond acceptors (Lipinski definition) is 4. The third-order valence-corrected chi connectivity index (χ3v) is 4.56. The van der Waals surface area contributed by atoms with Gasteiger partial charge in [0, 0.05) is 11.4 Å². The second kappa shape index (κ2) is 5.62. The Bertz CT molecular complexity index is 469. The minimum absolute atomic E-state index is 0.0765. The van der Waals surface area contributed by atoms with E-state index in [1.54, 1.807) is 6.07 Å². The zero-order valence-corrected chi connectivity index (χ0v) is 10.7. The lowest BCUT2D eigenvalue weighted by Gasteiger charge is -2.00. The summed E-state index contributed by atoms with van der Waals surface area (Å²) in [6.45, 7) is 0.427. The van der Waals surface area contributed by atoms with Gasteiger partial charge in [-0.3, -0.25) is 4.79 Å². The molecule has 0 aromatic carbocycles. The molecule has 0 spiro atoms. The molecule has 0 aliphatic carbocycles. The minimum atomic E-state index is -3.62. The van der Waals surface area contributed by atoms with Crippen molar-refractivity contribution in [3.8, 4) is 0 Å². The second-order valence-corrected chi connectivity index (χ2v) is 6.22. The summed E-state index contributed by atoms with van der Waals surface area (Å²) < 4.78 is 22.1. The highest BCUT2D eigenvalue weighted by atomic mass is 35.5. The van der Waals surface area contributed by atoms with Crippen LogP contribution in [0.4, 0.5) is 0 Å². The van der Waals surface area contributed by atoms with Gasteiger partial charge in [-0.15, -0.1) is 22.9 Å². The van der Waals surface area contributed by atoms with E-state index in [0.717, 1.165) is 16.2 Å². The molecule has 0 aliphatic heterocycles. The summed E-state index contributed by atoms with van der Waals surface area (Å²) in [6.07, 6.45) is 0.558. The molecule has 0 fully saturated rings. The van der Waals surface area contributed by atoms with Crippen molar-refractivity contribution < 1.29 is 13.2 Å². The van der Waals surface area contributed by atoms with E-state index in [4.69, 9.17) is 16.7 Å². The molecule has 0 aliphatic rings. The first-order valence-electron chi connectivity index (χ1n) is 4.37. The van der Waals surface area contributed by atoms with Crippen LogP contribution in [0.5, 0.6) is 0 Å². The smallest absolute Gasteiger partial charge is 0.247 e. The van der Waals surface area contributed by atoms with Crippen molar-refractivity contribution in [1.29, 1.82) is 0 Å². The van der Waals surface area contributed by atoms with Crippen LogP contribution in [-0.2, 0) is 21.2 Å². The number of carbonyl (C=O) groups excluding carboxylic acids is 1. The van der Waals surface area contributed by atoms with E-state index in [9.17, 15) is 13.2 Å². The molecule has 8 heteroatoms. The maximum Gasteiger partial charge on any atom is 0.247 e. The number of halogens is 1. The van der Waals surface area contributed by atoms with Gasteiger partial charge >= 0.3 is 0 Å². The fourth-order valence-corrected chi connectivity index (χ4v) is 2.89. The van der Waals surface area contributed by atoms with E-state index in [1.807, 2.05) is 0 Å². The Kier molecular flexibility index (Phi) is 4.72. The van der Waals surface area contributed by atoms with Crippen LogP contribution in [0.25, 0.3) is 0 Å². The van der Waals surface area contributed by atoms with Gasteiger partial charge in [0.15, 0.2) is 0 Å². The number of hydrogen-bond donors (Lipinski definition) is 2. The zero-order chi connectivity index (χ0) is 12.2. The molecule has 0 saturated heterocycles. The van der Waals surface area contributed by atoms with E-state index >= 15 is 0 Å². The lowest BCUT2D eigenvalue weighted by Crippen LogP contribution is -2.26. The first-order chi connectivity index (χ1) is 7.43. The standard InChI is InChI=1S/C8H11ClN2O3S2/c9-5-7(12)11-4-3-6-1-2-8(15-6)16(10,13)14/h1-2H,3-5H2,(H,11,12)(H2,10,13,14). The first-order valence-corrected chi connectivity index (χ1v) is 7.27. The van der Waals surface area contributed by atoms with Crippen molar-refractivity contribution in [1.82, 2.24) is 5.32 Å². The predicted octanol–water partition coefficient (Wildman–Crippen LogP) is 0.293. The van der Waals surface area contributed by atoms with E-state index < -0.39 is 10.0 Å². The Morgan fingerprint density at radius 2 is 2.19 bits per heavy atom. The Hall–Kier alpha value is -0.630. The Labute approximate surface area is 103 Å². The van der Waals surface area contributed by atoms with Crippen LogP contribution in [0.2, 0.25) is 0 Å². The summed E-state index contributed by atoms with van der Waals surface area (Å²) >= 11 is 6.39. The first kappa shape index (κ1) is 13.4. The average Bonchev–Trinajstić information content (AvgIpc) is 2.65. The Morgan fingerprint density at radius 3 is 2.69 bits per heavy atom. The normalized spacial score (nSPS) is 11.4. The highest BCUT2D eigenvalue weighted by Gasteiger charge is 2.10. The van der Waals surface area contributed by atoms with Gasteiger partial charge in [0.05, 0.1) is 0 Å². The number of rotatable bonds is 5. The summed E-state index contributed by atoms with van der Waals surface area (Å²) in [5.74, 6) is -0.322. The lowest BCUT2D eigenvalue weighted by molar-refractivity contribution is -0.118. The molecule has 0 saturated carbocycles. The molecule has 90 valence electrons. The second-order valence-electron chi connectivity index (χ2n) is 3.00. The molecule has 1 aromatic rings. The summed E-state index contributed by atoms with van der Waals surface area (Å²) in [5.41, 5.74) is 0. The molecule has 0 atom stereocenters. The van der Waals surface area contributed by atoms with Crippen LogP contribution >= 0.6 is 22.9 Å². The number of carbonyl (C=O) groups is 1. The Balaban J connectivity index is 2.51. The van der Waals surface area contributed by atoms with Crippen molar-refractivity contribution in [3.05, 3.63) is 17.0 Å². The number of thiophene rings is 1. The van der Waals surface area contributed by atoms with Crippen LogP contribution < -0.4 is 10.5 Å². The largest absolute Gasteiger partial charge is 0.355 e. The predicted molar refractivity (Wildman–Crippen MR) is 63.1 cm³/mol. The highest BCUT2D eigenvalue weighted by molar-refractivity contribution is 7.91. The topological polar surface area (TPSA) is 89.3 Å².